The third-order valence-electron chi connectivity index (χ3n) is 7.51. The molecule has 3 aliphatic carbocycles. The van der Waals surface area contributed by atoms with Crippen LogP contribution in [-0.2, 0) is 9.47 Å². The standard InChI is InChI=1S/C17H28N2O2/c18-19-16(15-13-10-1-2-11(7-10)14(13)15)12-3-5-21-17(8-12)4-6-20-9-17/h10-16,19H,1-9,18H2. The van der Waals surface area contributed by atoms with Gasteiger partial charge in [-0.1, -0.05) is 0 Å². The van der Waals surface area contributed by atoms with E-state index < -0.39 is 0 Å². The Morgan fingerprint density at radius 3 is 2.57 bits per heavy atom. The van der Waals surface area contributed by atoms with E-state index in [2.05, 4.69) is 5.43 Å². The number of hydrazine groups is 1. The molecule has 7 unspecified atom stereocenters. The van der Waals surface area contributed by atoms with Gasteiger partial charge in [0.05, 0.1) is 12.2 Å². The minimum absolute atomic E-state index is 0.0149. The second-order valence-corrected chi connectivity index (χ2v) is 8.34. The van der Waals surface area contributed by atoms with Crippen molar-refractivity contribution in [2.75, 3.05) is 19.8 Å². The molecule has 5 rings (SSSR count). The van der Waals surface area contributed by atoms with Gasteiger partial charge in [-0.25, -0.2) is 0 Å². The summed E-state index contributed by atoms with van der Waals surface area (Å²) in [4.78, 5) is 0. The van der Waals surface area contributed by atoms with Crippen molar-refractivity contribution in [1.29, 1.82) is 0 Å². The zero-order valence-corrected chi connectivity index (χ0v) is 12.8. The number of hydrogen-bond donors (Lipinski definition) is 2. The van der Waals surface area contributed by atoms with Crippen molar-refractivity contribution in [3.05, 3.63) is 0 Å². The summed E-state index contributed by atoms with van der Waals surface area (Å²) < 4.78 is 11.7. The average molecular weight is 292 g/mol. The summed E-state index contributed by atoms with van der Waals surface area (Å²) in [6.45, 7) is 2.55. The number of hydrogen-bond acceptors (Lipinski definition) is 4. The van der Waals surface area contributed by atoms with Gasteiger partial charge in [0.15, 0.2) is 0 Å². The Morgan fingerprint density at radius 2 is 1.90 bits per heavy atom. The van der Waals surface area contributed by atoms with Gasteiger partial charge in [0, 0.05) is 25.7 Å². The molecular formula is C17H28N2O2. The van der Waals surface area contributed by atoms with Crippen molar-refractivity contribution in [2.24, 2.45) is 41.4 Å². The first-order valence-corrected chi connectivity index (χ1v) is 8.99. The minimum atomic E-state index is 0.0149. The first-order valence-electron chi connectivity index (χ1n) is 8.99. The van der Waals surface area contributed by atoms with E-state index in [1.165, 1.54) is 25.7 Å². The summed E-state index contributed by atoms with van der Waals surface area (Å²) in [5, 5.41) is 0. The fraction of sp³-hybridized carbons (Fsp3) is 1.00. The molecule has 5 fully saturated rings. The molecule has 0 aromatic rings. The molecule has 5 aliphatic rings. The van der Waals surface area contributed by atoms with E-state index in [0.29, 0.717) is 12.0 Å². The zero-order chi connectivity index (χ0) is 14.0. The van der Waals surface area contributed by atoms with Crippen LogP contribution in [0.25, 0.3) is 0 Å². The highest BCUT2D eigenvalue weighted by Gasteiger charge is 2.67. The molecular weight excluding hydrogens is 264 g/mol. The Bertz CT molecular complexity index is 407. The predicted octanol–water partition coefficient (Wildman–Crippen LogP) is 1.70. The van der Waals surface area contributed by atoms with Gasteiger partial charge in [-0.05, 0) is 67.6 Å². The van der Waals surface area contributed by atoms with Crippen LogP contribution in [0.15, 0.2) is 0 Å². The Hall–Kier alpha value is -0.160. The summed E-state index contributed by atoms with van der Waals surface area (Å²) in [7, 11) is 0. The van der Waals surface area contributed by atoms with Crippen LogP contribution in [0.1, 0.15) is 38.5 Å². The van der Waals surface area contributed by atoms with Gasteiger partial charge >= 0.3 is 0 Å². The van der Waals surface area contributed by atoms with E-state index in [4.69, 9.17) is 15.3 Å². The zero-order valence-electron chi connectivity index (χ0n) is 12.8. The van der Waals surface area contributed by atoms with Crippen LogP contribution >= 0.6 is 0 Å². The molecule has 118 valence electrons. The Balaban J connectivity index is 1.32. The van der Waals surface area contributed by atoms with Gasteiger partial charge in [0.1, 0.15) is 0 Å². The van der Waals surface area contributed by atoms with E-state index in [9.17, 15) is 0 Å². The van der Waals surface area contributed by atoms with Gasteiger partial charge in [0.25, 0.3) is 0 Å². The SMILES string of the molecule is NNC(C1CCOC2(CCOC2)C1)C1C2C3CCC(C3)C21. The van der Waals surface area contributed by atoms with Crippen LogP contribution in [0.5, 0.6) is 0 Å². The van der Waals surface area contributed by atoms with Gasteiger partial charge in [-0.15, -0.1) is 0 Å². The third-order valence-corrected chi connectivity index (χ3v) is 7.51. The van der Waals surface area contributed by atoms with Crippen LogP contribution in [0.3, 0.4) is 0 Å². The number of nitrogens with one attached hydrogen (secondary N) is 1. The van der Waals surface area contributed by atoms with Crippen LogP contribution in [0, 0.1) is 35.5 Å². The molecule has 4 heteroatoms. The molecule has 21 heavy (non-hydrogen) atoms. The highest BCUT2D eigenvalue weighted by Crippen LogP contribution is 2.71. The molecule has 7 atom stereocenters. The Morgan fingerprint density at radius 1 is 1.10 bits per heavy atom. The fourth-order valence-electron chi connectivity index (χ4n) is 6.67. The minimum Gasteiger partial charge on any atom is -0.378 e. The van der Waals surface area contributed by atoms with E-state index in [0.717, 1.165) is 62.3 Å². The topological polar surface area (TPSA) is 56.5 Å². The van der Waals surface area contributed by atoms with Crippen molar-refractivity contribution >= 4 is 0 Å². The maximum absolute atomic E-state index is 6.11. The maximum Gasteiger partial charge on any atom is 0.0939 e. The lowest BCUT2D eigenvalue weighted by Crippen LogP contribution is -2.50. The number of fused-ring (bicyclic) bond motifs is 5. The van der Waals surface area contributed by atoms with Crippen molar-refractivity contribution in [3.8, 4) is 0 Å². The van der Waals surface area contributed by atoms with Gasteiger partial charge in [0.2, 0.25) is 0 Å². The van der Waals surface area contributed by atoms with E-state index in [1.807, 2.05) is 0 Å². The first kappa shape index (κ1) is 13.3. The summed E-state index contributed by atoms with van der Waals surface area (Å²) in [5.74, 6) is 11.6. The largest absolute Gasteiger partial charge is 0.378 e. The second kappa shape index (κ2) is 4.67. The average Bonchev–Trinajstić information content (AvgIpc) is 2.88. The lowest BCUT2D eigenvalue weighted by atomic mass is 9.78. The third kappa shape index (κ3) is 1.89. The maximum atomic E-state index is 6.11. The second-order valence-electron chi connectivity index (χ2n) is 8.34. The van der Waals surface area contributed by atoms with Crippen molar-refractivity contribution in [1.82, 2.24) is 5.43 Å². The smallest absolute Gasteiger partial charge is 0.0939 e. The summed E-state index contributed by atoms with van der Waals surface area (Å²) >= 11 is 0. The fourth-order valence-corrected chi connectivity index (χ4v) is 6.67. The number of ether oxygens (including phenoxy) is 2. The molecule has 0 aromatic carbocycles. The molecule has 4 nitrogen and oxygen atoms in total. The molecule has 2 aliphatic heterocycles. The normalized spacial score (nSPS) is 55.9. The highest BCUT2D eigenvalue weighted by atomic mass is 16.6. The molecule has 0 radical (unpaired) electrons. The molecule has 0 aromatic heterocycles. The molecule has 2 bridgehead atoms. The van der Waals surface area contributed by atoms with Crippen molar-refractivity contribution < 1.29 is 9.47 Å². The van der Waals surface area contributed by atoms with Crippen molar-refractivity contribution in [2.45, 2.75) is 50.2 Å². The number of rotatable bonds is 3. The monoisotopic (exact) mass is 292 g/mol. The summed E-state index contributed by atoms with van der Waals surface area (Å²) in [5.41, 5.74) is 3.26. The van der Waals surface area contributed by atoms with Gasteiger partial charge in [-0.3, -0.25) is 11.3 Å². The van der Waals surface area contributed by atoms with E-state index in [-0.39, 0.29) is 5.60 Å². The summed E-state index contributed by atoms with van der Waals surface area (Å²) in [6, 6.07) is 0.518. The molecule has 3 saturated carbocycles. The lowest BCUT2D eigenvalue weighted by molar-refractivity contribution is -0.104. The van der Waals surface area contributed by atoms with Gasteiger partial charge < -0.3 is 9.47 Å². The Labute approximate surface area is 127 Å². The molecule has 3 N–H and O–H groups in total. The quantitative estimate of drug-likeness (QED) is 0.614. The van der Waals surface area contributed by atoms with Crippen LogP contribution in [0.4, 0.5) is 0 Å². The van der Waals surface area contributed by atoms with Gasteiger partial charge in [-0.2, -0.15) is 0 Å². The van der Waals surface area contributed by atoms with Crippen LogP contribution in [-0.4, -0.2) is 31.5 Å². The van der Waals surface area contributed by atoms with Crippen molar-refractivity contribution in [3.63, 3.8) is 0 Å². The van der Waals surface area contributed by atoms with Crippen LogP contribution < -0.4 is 11.3 Å². The van der Waals surface area contributed by atoms with E-state index >= 15 is 0 Å². The predicted molar refractivity (Wildman–Crippen MR) is 79.3 cm³/mol. The highest BCUT2D eigenvalue weighted by molar-refractivity contribution is 5.16. The molecule has 2 heterocycles. The lowest BCUT2D eigenvalue weighted by Gasteiger charge is -2.41. The summed E-state index contributed by atoms with van der Waals surface area (Å²) in [6.07, 6.45) is 7.89. The molecule has 0 amide bonds. The van der Waals surface area contributed by atoms with Crippen LogP contribution in [0.2, 0.25) is 0 Å². The molecule has 2 saturated heterocycles. The number of nitrogens with two attached hydrogens (primary N) is 1. The van der Waals surface area contributed by atoms with E-state index in [1.54, 1.807) is 0 Å². The Kier molecular flexibility index (Phi) is 2.96. The molecule has 1 spiro atoms. The first-order chi connectivity index (χ1) is 10.3.